The fourth-order valence-electron chi connectivity index (χ4n) is 3.09. The van der Waals surface area contributed by atoms with E-state index in [1.165, 1.54) is 6.07 Å². The van der Waals surface area contributed by atoms with Crippen molar-refractivity contribution in [3.8, 4) is 10.6 Å². The monoisotopic (exact) mass is 385 g/mol. The van der Waals surface area contributed by atoms with Crippen molar-refractivity contribution in [2.45, 2.75) is 24.7 Å². The van der Waals surface area contributed by atoms with Crippen LogP contribution in [0.3, 0.4) is 0 Å². The van der Waals surface area contributed by atoms with E-state index in [9.17, 15) is 9.18 Å². The normalized spacial score (nSPS) is 15.1. The zero-order valence-electron chi connectivity index (χ0n) is 14.2. The van der Waals surface area contributed by atoms with Crippen molar-refractivity contribution >= 4 is 23.2 Å². The maximum Gasteiger partial charge on any atom is 0.279 e. The number of nitrogens with zero attached hydrogens (tertiary/aromatic N) is 5. The smallest absolute Gasteiger partial charge is 0.279 e. The molecule has 3 heterocycles. The zero-order chi connectivity index (χ0) is 18.9. The first-order valence-electron chi connectivity index (χ1n) is 8.38. The molecule has 0 atom stereocenters. The molecule has 3 N–H and O–H groups in total. The molecule has 0 aromatic carbocycles. The van der Waals surface area contributed by atoms with Crippen molar-refractivity contribution < 1.29 is 9.18 Å². The number of pyridine rings is 1. The van der Waals surface area contributed by atoms with Crippen LogP contribution in [0.15, 0.2) is 30.7 Å². The third-order valence-corrected chi connectivity index (χ3v) is 5.68. The second-order valence-corrected chi connectivity index (χ2v) is 7.37. The fraction of sp³-hybridized carbons (Fsp3) is 0.294. The summed E-state index contributed by atoms with van der Waals surface area (Å²) in [6.07, 6.45) is 7.58. The second kappa shape index (κ2) is 6.95. The highest BCUT2D eigenvalue weighted by atomic mass is 32.1. The molecule has 0 bridgehead atoms. The molecule has 0 saturated heterocycles. The lowest BCUT2D eigenvalue weighted by molar-refractivity contribution is 0.0999. The van der Waals surface area contributed by atoms with Gasteiger partial charge in [-0.1, -0.05) is 17.8 Å². The summed E-state index contributed by atoms with van der Waals surface area (Å²) in [5.74, 6) is -0.469. The molecule has 8 nitrogen and oxygen atoms in total. The van der Waals surface area contributed by atoms with Crippen molar-refractivity contribution in [1.82, 2.24) is 25.1 Å². The number of primary amides is 1. The molecule has 10 heteroatoms. The summed E-state index contributed by atoms with van der Waals surface area (Å²) in [6, 6.07) is 3.04. The van der Waals surface area contributed by atoms with E-state index in [0.29, 0.717) is 28.8 Å². The number of carbonyl (C=O) groups excluding carboxylic acids is 1. The Balaban J connectivity index is 1.47. The zero-order valence-corrected chi connectivity index (χ0v) is 15.0. The van der Waals surface area contributed by atoms with Gasteiger partial charge in [-0.05, 0) is 25.0 Å². The number of anilines is 1. The number of hydrogen-bond acceptors (Lipinski definition) is 8. The van der Waals surface area contributed by atoms with Gasteiger partial charge in [0.2, 0.25) is 11.0 Å². The third kappa shape index (κ3) is 3.35. The molecule has 3 aromatic rings. The summed E-state index contributed by atoms with van der Waals surface area (Å²) in [6.45, 7) is 0.505. The topological polar surface area (TPSA) is 120 Å². The first kappa shape index (κ1) is 17.4. The average Bonchev–Trinajstić information content (AvgIpc) is 3.13. The van der Waals surface area contributed by atoms with Gasteiger partial charge in [-0.25, -0.2) is 14.4 Å². The Hall–Kier alpha value is -3.01. The standard InChI is InChI=1S/C17H16FN7OS/c18-11-3-1-6-20-12(11)17(4-2-5-17)9-23-16-21-7-10(8-22-16)14-24-25-15(27-14)13(19)26/h1,3,6-8H,2,4-5,9H2,(H2,19,26)(H,21,22,23). The van der Waals surface area contributed by atoms with Crippen LogP contribution >= 0.6 is 11.3 Å². The van der Waals surface area contributed by atoms with Gasteiger partial charge in [0.25, 0.3) is 5.91 Å². The summed E-state index contributed by atoms with van der Waals surface area (Å²) in [5.41, 5.74) is 5.98. The first-order valence-corrected chi connectivity index (χ1v) is 9.20. The van der Waals surface area contributed by atoms with E-state index in [1.807, 2.05) is 0 Å². The Bertz CT molecular complexity index is 971. The highest BCUT2D eigenvalue weighted by Gasteiger charge is 2.41. The lowest BCUT2D eigenvalue weighted by Crippen LogP contribution is -2.42. The van der Waals surface area contributed by atoms with Crippen molar-refractivity contribution in [3.05, 3.63) is 47.2 Å². The van der Waals surface area contributed by atoms with E-state index >= 15 is 0 Å². The Labute approximate surface area is 158 Å². The summed E-state index contributed by atoms with van der Waals surface area (Å²) in [7, 11) is 0. The van der Waals surface area contributed by atoms with Gasteiger partial charge in [0.05, 0.1) is 5.69 Å². The lowest BCUT2D eigenvalue weighted by atomic mass is 9.66. The molecular weight excluding hydrogens is 369 g/mol. The molecule has 1 amide bonds. The molecule has 138 valence electrons. The molecular formula is C17H16FN7OS. The predicted molar refractivity (Wildman–Crippen MR) is 97.7 cm³/mol. The number of nitrogens with two attached hydrogens (primary N) is 1. The van der Waals surface area contributed by atoms with Crippen LogP contribution in [-0.4, -0.2) is 37.6 Å². The molecule has 0 radical (unpaired) electrons. The Morgan fingerprint density at radius 2 is 2.04 bits per heavy atom. The molecule has 0 spiro atoms. The largest absolute Gasteiger partial charge is 0.363 e. The minimum Gasteiger partial charge on any atom is -0.363 e. The summed E-state index contributed by atoms with van der Waals surface area (Å²) < 4.78 is 14.2. The number of aromatic nitrogens is 5. The van der Waals surface area contributed by atoms with Crippen LogP contribution in [0.2, 0.25) is 0 Å². The molecule has 1 fully saturated rings. The van der Waals surface area contributed by atoms with Gasteiger partial charge >= 0.3 is 0 Å². The van der Waals surface area contributed by atoms with Gasteiger partial charge in [-0.3, -0.25) is 9.78 Å². The van der Waals surface area contributed by atoms with Gasteiger partial charge in [-0.2, -0.15) is 0 Å². The van der Waals surface area contributed by atoms with Gasteiger partial charge in [0.1, 0.15) is 5.82 Å². The number of hydrogen-bond donors (Lipinski definition) is 2. The van der Waals surface area contributed by atoms with Crippen LogP contribution in [0.1, 0.15) is 34.8 Å². The van der Waals surface area contributed by atoms with Crippen LogP contribution < -0.4 is 11.1 Å². The lowest BCUT2D eigenvalue weighted by Gasteiger charge is -2.41. The molecule has 1 aliphatic carbocycles. The van der Waals surface area contributed by atoms with Crippen molar-refractivity contribution in [2.24, 2.45) is 5.73 Å². The quantitative estimate of drug-likeness (QED) is 0.667. The average molecular weight is 385 g/mol. The van der Waals surface area contributed by atoms with Gasteiger partial charge in [-0.15, -0.1) is 10.2 Å². The minimum atomic E-state index is -0.620. The molecule has 0 unspecified atom stereocenters. The molecule has 27 heavy (non-hydrogen) atoms. The van der Waals surface area contributed by atoms with Gasteiger partial charge < -0.3 is 11.1 Å². The molecule has 1 aliphatic rings. The molecule has 1 saturated carbocycles. The third-order valence-electron chi connectivity index (χ3n) is 4.69. The molecule has 4 rings (SSSR count). The summed E-state index contributed by atoms with van der Waals surface area (Å²) in [4.78, 5) is 23.9. The van der Waals surface area contributed by atoms with Crippen LogP contribution in [0.25, 0.3) is 10.6 Å². The number of carbonyl (C=O) groups is 1. The summed E-state index contributed by atoms with van der Waals surface area (Å²) >= 11 is 1.08. The fourth-order valence-corrected chi connectivity index (χ4v) is 3.76. The van der Waals surface area contributed by atoms with E-state index in [2.05, 4.69) is 30.5 Å². The van der Waals surface area contributed by atoms with E-state index in [1.54, 1.807) is 24.7 Å². The Morgan fingerprint density at radius 1 is 1.26 bits per heavy atom. The van der Waals surface area contributed by atoms with Gasteiger partial charge in [0, 0.05) is 36.1 Å². The number of halogens is 1. The van der Waals surface area contributed by atoms with E-state index < -0.39 is 5.91 Å². The van der Waals surface area contributed by atoms with Crippen molar-refractivity contribution in [2.75, 3.05) is 11.9 Å². The highest BCUT2D eigenvalue weighted by Crippen LogP contribution is 2.43. The maximum absolute atomic E-state index is 14.2. The number of nitrogens with one attached hydrogen (secondary N) is 1. The number of amides is 1. The van der Waals surface area contributed by atoms with Gasteiger partial charge in [0.15, 0.2) is 5.01 Å². The van der Waals surface area contributed by atoms with Crippen molar-refractivity contribution in [1.29, 1.82) is 0 Å². The maximum atomic E-state index is 14.2. The Kier molecular flexibility index (Phi) is 4.48. The summed E-state index contributed by atoms with van der Waals surface area (Å²) in [5, 5.41) is 11.5. The van der Waals surface area contributed by atoms with Crippen LogP contribution in [-0.2, 0) is 5.41 Å². The van der Waals surface area contributed by atoms with Crippen LogP contribution in [0.4, 0.5) is 10.3 Å². The SMILES string of the molecule is NC(=O)c1nnc(-c2cnc(NCC3(c4ncccc4F)CCC3)nc2)s1. The molecule has 3 aromatic heterocycles. The van der Waals surface area contributed by atoms with E-state index in [4.69, 9.17) is 5.73 Å². The first-order chi connectivity index (χ1) is 13.1. The van der Waals surface area contributed by atoms with Crippen LogP contribution in [0.5, 0.6) is 0 Å². The molecule has 0 aliphatic heterocycles. The second-order valence-electron chi connectivity index (χ2n) is 6.39. The van der Waals surface area contributed by atoms with E-state index in [-0.39, 0.29) is 16.2 Å². The van der Waals surface area contributed by atoms with Crippen molar-refractivity contribution in [3.63, 3.8) is 0 Å². The predicted octanol–water partition coefficient (Wildman–Crippen LogP) is 2.16. The van der Waals surface area contributed by atoms with E-state index in [0.717, 1.165) is 30.6 Å². The highest BCUT2D eigenvalue weighted by molar-refractivity contribution is 7.16. The number of rotatable bonds is 6. The van der Waals surface area contributed by atoms with Crippen LogP contribution in [0, 0.1) is 5.82 Å². The minimum absolute atomic E-state index is 0.136. The Morgan fingerprint density at radius 3 is 2.63 bits per heavy atom.